The largest absolute Gasteiger partial charge is 0.388 e. The van der Waals surface area contributed by atoms with Crippen LogP contribution in [0.2, 0.25) is 0 Å². The van der Waals surface area contributed by atoms with Gasteiger partial charge in [0.25, 0.3) is 0 Å². The van der Waals surface area contributed by atoms with Crippen molar-refractivity contribution in [1.29, 1.82) is 0 Å². The molecule has 4 heteroatoms. The smallest absolute Gasteiger partial charge is 0.0798 e. The Morgan fingerprint density at radius 1 is 1.22 bits per heavy atom. The number of nitrogens with two attached hydrogens (primary N) is 1. The van der Waals surface area contributed by atoms with E-state index in [1.165, 1.54) is 6.42 Å². The average Bonchev–Trinajstić information content (AvgIpc) is 2.75. The maximum Gasteiger partial charge on any atom is 0.0798 e. The van der Waals surface area contributed by atoms with Crippen LogP contribution in [0.4, 0.5) is 0 Å². The summed E-state index contributed by atoms with van der Waals surface area (Å²) < 4.78 is 11.0. The van der Waals surface area contributed by atoms with Crippen LogP contribution in [0, 0.1) is 5.92 Å². The van der Waals surface area contributed by atoms with E-state index in [9.17, 15) is 5.11 Å². The van der Waals surface area contributed by atoms with Crippen molar-refractivity contribution in [1.82, 2.24) is 0 Å². The first-order chi connectivity index (χ1) is 8.73. The van der Waals surface area contributed by atoms with Crippen LogP contribution in [0.15, 0.2) is 0 Å². The molecule has 0 heterocycles. The summed E-state index contributed by atoms with van der Waals surface area (Å²) >= 11 is 0. The molecule has 18 heavy (non-hydrogen) atoms. The number of rotatable bonds is 10. The van der Waals surface area contributed by atoms with Crippen LogP contribution in [0.5, 0.6) is 0 Å². The third kappa shape index (κ3) is 5.22. The normalized spacial score (nSPS) is 27.8. The van der Waals surface area contributed by atoms with Gasteiger partial charge in [-0.1, -0.05) is 19.8 Å². The average molecular weight is 259 g/mol. The summed E-state index contributed by atoms with van der Waals surface area (Å²) in [5.74, 6) is 0.309. The lowest BCUT2D eigenvalue weighted by molar-refractivity contribution is -0.0105. The molecule has 1 fully saturated rings. The summed E-state index contributed by atoms with van der Waals surface area (Å²) in [6.07, 6.45) is 6.19. The number of hydrogen-bond acceptors (Lipinski definition) is 4. The Balaban J connectivity index is 1.97. The second kappa shape index (κ2) is 8.86. The second-order valence-corrected chi connectivity index (χ2v) is 5.26. The molecule has 3 N–H and O–H groups in total. The zero-order chi connectivity index (χ0) is 13.3. The van der Waals surface area contributed by atoms with Gasteiger partial charge < -0.3 is 20.3 Å². The van der Waals surface area contributed by atoms with E-state index in [1.54, 1.807) is 0 Å². The van der Waals surface area contributed by atoms with E-state index in [2.05, 4.69) is 6.92 Å². The highest BCUT2D eigenvalue weighted by molar-refractivity contribution is 4.92. The highest BCUT2D eigenvalue weighted by atomic mass is 16.5. The van der Waals surface area contributed by atoms with Crippen molar-refractivity contribution >= 4 is 0 Å². The molecule has 0 amide bonds. The lowest BCUT2D eigenvalue weighted by Crippen LogP contribution is -2.41. The van der Waals surface area contributed by atoms with Gasteiger partial charge in [0.1, 0.15) is 0 Å². The van der Waals surface area contributed by atoms with Crippen LogP contribution in [-0.2, 0) is 9.47 Å². The fourth-order valence-electron chi connectivity index (χ4n) is 2.60. The second-order valence-electron chi connectivity index (χ2n) is 5.26. The van der Waals surface area contributed by atoms with Crippen LogP contribution in [0.1, 0.15) is 45.4 Å². The van der Waals surface area contributed by atoms with E-state index in [1.807, 2.05) is 0 Å². The molecule has 0 aliphatic heterocycles. The van der Waals surface area contributed by atoms with E-state index in [0.717, 1.165) is 38.7 Å². The molecule has 4 nitrogen and oxygen atoms in total. The Hall–Kier alpha value is -0.160. The summed E-state index contributed by atoms with van der Waals surface area (Å²) in [5, 5.41) is 10.3. The van der Waals surface area contributed by atoms with Crippen molar-refractivity contribution < 1.29 is 14.6 Å². The number of aliphatic hydroxyl groups is 1. The molecule has 0 saturated heterocycles. The predicted molar refractivity (Wildman–Crippen MR) is 72.5 cm³/mol. The maximum absolute atomic E-state index is 10.3. The molecule has 1 saturated carbocycles. The molecule has 0 aromatic carbocycles. The fourth-order valence-corrected chi connectivity index (χ4v) is 2.60. The van der Waals surface area contributed by atoms with Gasteiger partial charge in [-0.3, -0.25) is 0 Å². The molecule has 1 aliphatic carbocycles. The Bertz CT molecular complexity index is 213. The molecule has 0 aromatic rings. The lowest BCUT2D eigenvalue weighted by Gasteiger charge is -2.28. The molecule has 2 unspecified atom stereocenters. The molecule has 0 bridgehead atoms. The van der Waals surface area contributed by atoms with Crippen molar-refractivity contribution in [3.63, 3.8) is 0 Å². The molecule has 0 spiro atoms. The van der Waals surface area contributed by atoms with Crippen LogP contribution < -0.4 is 5.73 Å². The van der Waals surface area contributed by atoms with Gasteiger partial charge in [0.2, 0.25) is 0 Å². The summed E-state index contributed by atoms with van der Waals surface area (Å²) in [6, 6.07) is 0. The van der Waals surface area contributed by atoms with Crippen LogP contribution >= 0.6 is 0 Å². The Morgan fingerprint density at radius 3 is 2.61 bits per heavy atom. The van der Waals surface area contributed by atoms with Gasteiger partial charge in [0, 0.05) is 19.8 Å². The maximum atomic E-state index is 10.3. The minimum atomic E-state index is -0.638. The van der Waals surface area contributed by atoms with Crippen molar-refractivity contribution in [3.8, 4) is 0 Å². The zero-order valence-corrected chi connectivity index (χ0v) is 11.7. The summed E-state index contributed by atoms with van der Waals surface area (Å²) in [6.45, 7) is 5.38. The SMILES string of the molecule is CCCCOCCOCCC1CCCC1(O)CN. The Morgan fingerprint density at radius 2 is 1.94 bits per heavy atom. The molecular weight excluding hydrogens is 230 g/mol. The van der Waals surface area contributed by atoms with E-state index in [4.69, 9.17) is 15.2 Å². The standard InChI is InChI=1S/C14H29NO3/c1-2-3-8-17-10-11-18-9-6-13-5-4-7-14(13,16)12-15/h13,16H,2-12,15H2,1H3. The minimum Gasteiger partial charge on any atom is -0.388 e. The molecule has 1 aliphatic rings. The summed E-state index contributed by atoms with van der Waals surface area (Å²) in [7, 11) is 0. The Kier molecular flexibility index (Phi) is 7.82. The van der Waals surface area contributed by atoms with Crippen molar-refractivity contribution in [2.24, 2.45) is 11.7 Å². The zero-order valence-electron chi connectivity index (χ0n) is 11.7. The van der Waals surface area contributed by atoms with Crippen molar-refractivity contribution in [2.45, 2.75) is 51.0 Å². The van der Waals surface area contributed by atoms with Crippen molar-refractivity contribution in [2.75, 3.05) is 33.0 Å². The number of hydrogen-bond donors (Lipinski definition) is 2. The highest BCUT2D eigenvalue weighted by Crippen LogP contribution is 2.36. The molecule has 108 valence electrons. The Labute approximate surface area is 111 Å². The molecule has 1 rings (SSSR count). The first kappa shape index (κ1) is 15.9. The van der Waals surface area contributed by atoms with Crippen LogP contribution in [0.25, 0.3) is 0 Å². The van der Waals surface area contributed by atoms with Gasteiger partial charge in [-0.2, -0.15) is 0 Å². The van der Waals surface area contributed by atoms with E-state index < -0.39 is 5.60 Å². The third-order valence-corrected chi connectivity index (χ3v) is 3.90. The lowest BCUT2D eigenvalue weighted by atomic mass is 9.88. The van der Waals surface area contributed by atoms with Gasteiger partial charge in [-0.15, -0.1) is 0 Å². The molecule has 0 radical (unpaired) electrons. The summed E-state index contributed by atoms with van der Waals surface area (Å²) in [5.41, 5.74) is 5.01. The molecule has 2 atom stereocenters. The highest BCUT2D eigenvalue weighted by Gasteiger charge is 2.39. The van der Waals surface area contributed by atoms with Gasteiger partial charge in [0.15, 0.2) is 0 Å². The van der Waals surface area contributed by atoms with Gasteiger partial charge in [-0.05, 0) is 31.6 Å². The first-order valence-corrected chi connectivity index (χ1v) is 7.31. The van der Waals surface area contributed by atoms with E-state index >= 15 is 0 Å². The van der Waals surface area contributed by atoms with E-state index in [-0.39, 0.29) is 0 Å². The molecular formula is C14H29NO3. The first-order valence-electron chi connectivity index (χ1n) is 7.31. The fraction of sp³-hybridized carbons (Fsp3) is 1.00. The monoisotopic (exact) mass is 259 g/mol. The quantitative estimate of drug-likeness (QED) is 0.586. The van der Waals surface area contributed by atoms with Crippen LogP contribution in [0.3, 0.4) is 0 Å². The van der Waals surface area contributed by atoms with Crippen LogP contribution in [-0.4, -0.2) is 43.7 Å². The minimum absolute atomic E-state index is 0.309. The third-order valence-electron chi connectivity index (χ3n) is 3.90. The van der Waals surface area contributed by atoms with Crippen molar-refractivity contribution in [3.05, 3.63) is 0 Å². The topological polar surface area (TPSA) is 64.7 Å². The van der Waals surface area contributed by atoms with Gasteiger partial charge in [-0.25, -0.2) is 0 Å². The van der Waals surface area contributed by atoms with E-state index in [0.29, 0.717) is 32.3 Å². The summed E-state index contributed by atoms with van der Waals surface area (Å²) in [4.78, 5) is 0. The number of unbranched alkanes of at least 4 members (excludes halogenated alkanes) is 1. The predicted octanol–water partition coefficient (Wildman–Crippen LogP) is 1.70. The van der Waals surface area contributed by atoms with Gasteiger partial charge >= 0.3 is 0 Å². The number of ether oxygens (including phenoxy) is 2. The molecule has 0 aromatic heterocycles. The van der Waals surface area contributed by atoms with Gasteiger partial charge in [0.05, 0.1) is 18.8 Å².